The van der Waals surface area contributed by atoms with E-state index in [2.05, 4.69) is 265 Å². The number of hydrogen-bond donors (Lipinski definition) is 0. The number of aromatic nitrogens is 2. The Morgan fingerprint density at radius 3 is 1.00 bits per heavy atom. The van der Waals surface area contributed by atoms with Crippen molar-refractivity contribution in [3.63, 3.8) is 0 Å². The quantitative estimate of drug-likeness (QED) is 0.160. The molecule has 2 aliphatic rings. The molecule has 0 saturated carbocycles. The Morgan fingerprint density at radius 1 is 0.293 bits per heavy atom. The van der Waals surface area contributed by atoms with Crippen LogP contribution in [-0.2, 0) is 21.7 Å². The number of rotatable bonds is 2. The van der Waals surface area contributed by atoms with E-state index in [4.69, 9.17) is 0 Å². The molecule has 0 atom stereocenters. The first-order valence-corrected chi connectivity index (χ1v) is 27.2. The fourth-order valence-corrected chi connectivity index (χ4v) is 13.5. The van der Waals surface area contributed by atoms with Gasteiger partial charge in [0.05, 0.1) is 33.1 Å². The Kier molecular flexibility index (Phi) is 8.67. The van der Waals surface area contributed by atoms with E-state index in [-0.39, 0.29) is 28.4 Å². The second-order valence-corrected chi connectivity index (χ2v) is 26.3. The van der Waals surface area contributed by atoms with E-state index in [9.17, 15) is 0 Å². The van der Waals surface area contributed by atoms with Gasteiger partial charge in [-0.2, -0.15) is 0 Å². The van der Waals surface area contributed by atoms with Gasteiger partial charge in [0.15, 0.2) is 0 Å². The van der Waals surface area contributed by atoms with Crippen LogP contribution in [0.5, 0.6) is 0 Å². The van der Waals surface area contributed by atoms with Crippen LogP contribution in [0.1, 0.15) is 105 Å². The smallest absolute Gasteiger partial charge is 0.252 e. The fraction of sp³-hybridized carbons (Fsp3) is 0.229. The van der Waals surface area contributed by atoms with Crippen molar-refractivity contribution in [1.82, 2.24) is 8.80 Å². The van der Waals surface area contributed by atoms with Gasteiger partial charge in [-0.1, -0.05) is 150 Å². The molecule has 4 aromatic heterocycles. The van der Waals surface area contributed by atoms with Gasteiger partial charge in [0.2, 0.25) is 0 Å². The van der Waals surface area contributed by atoms with Crippen molar-refractivity contribution in [3.8, 4) is 0 Å². The average molecular weight is 971 g/mol. The standard InChI is InChI=1S/C70H63BN4/c1-67(2,3)40-26-28-56-46(30-40)50-32-42(69(7,8)9)34-52-48-36-54-62(38-60(48)74(56)65(50)52)72(44-20-15-13-16-21-44)58-24-19-25-59-64(58)71(54)55-37-49-53-35-43(70(10,11)12)33-51-47-31-41(68(4,5)6)27-29-57(47)75(66(51)53)61(49)39-63(55)73(59)45-22-17-14-18-23-45/h13-39H,1-12H3. The molecule has 9 aromatic carbocycles. The number of para-hydroxylation sites is 2. The van der Waals surface area contributed by atoms with Gasteiger partial charge in [0, 0.05) is 77.2 Å². The molecule has 5 heteroatoms. The monoisotopic (exact) mass is 971 g/mol. The van der Waals surface area contributed by atoms with Crippen LogP contribution >= 0.6 is 0 Å². The third-order valence-corrected chi connectivity index (χ3v) is 17.5. The largest absolute Gasteiger partial charge is 0.311 e. The van der Waals surface area contributed by atoms with Crippen molar-refractivity contribution in [3.05, 3.63) is 186 Å². The number of hydrogen-bond acceptors (Lipinski definition) is 2. The molecular formula is C70H63BN4. The molecule has 0 saturated heterocycles. The van der Waals surface area contributed by atoms with Gasteiger partial charge in [-0.05, 0) is 157 Å². The highest BCUT2D eigenvalue weighted by molar-refractivity contribution is 7.00. The lowest BCUT2D eigenvalue weighted by Crippen LogP contribution is -2.61. The number of fused-ring (bicyclic) bond motifs is 16. The molecule has 0 amide bonds. The Balaban J connectivity index is 1.10. The second-order valence-electron chi connectivity index (χ2n) is 26.3. The van der Waals surface area contributed by atoms with Crippen molar-refractivity contribution < 1.29 is 0 Å². The predicted octanol–water partition coefficient (Wildman–Crippen LogP) is 17.3. The highest BCUT2D eigenvalue weighted by atomic mass is 15.2. The van der Waals surface area contributed by atoms with Crippen LogP contribution in [0.4, 0.5) is 34.1 Å². The van der Waals surface area contributed by atoms with Gasteiger partial charge < -0.3 is 18.6 Å². The fourth-order valence-electron chi connectivity index (χ4n) is 13.5. The minimum absolute atomic E-state index is 0.0260. The van der Waals surface area contributed by atoms with Crippen molar-refractivity contribution >= 4 is 133 Å². The van der Waals surface area contributed by atoms with Crippen LogP contribution in [0.2, 0.25) is 0 Å². The van der Waals surface area contributed by atoms with Crippen LogP contribution in [-0.4, -0.2) is 15.5 Å². The van der Waals surface area contributed by atoms with Gasteiger partial charge in [0.1, 0.15) is 0 Å². The van der Waals surface area contributed by atoms with Gasteiger partial charge in [-0.3, -0.25) is 0 Å². The van der Waals surface area contributed by atoms with Crippen LogP contribution < -0.4 is 26.2 Å². The second kappa shape index (κ2) is 14.5. The molecule has 13 aromatic rings. The van der Waals surface area contributed by atoms with E-state index < -0.39 is 0 Å². The Hall–Kier alpha value is -7.76. The molecule has 0 radical (unpaired) electrons. The van der Waals surface area contributed by atoms with E-state index in [1.807, 2.05) is 0 Å². The SMILES string of the molecule is CC(C)(C)c1ccc2c(c1)c1cc(C(C)(C)C)cc3c4cc5c(cc4n2c13)N(c1ccccc1)c1cccc2c1B5c1cc3c4cc(C(C)(C)C)cc5c6cc(C(C)(C)C)ccc6n(c3cc1N2c1ccccc1)c54. The number of nitrogens with zero attached hydrogens (tertiary/aromatic N) is 4. The molecule has 6 heterocycles. The van der Waals surface area contributed by atoms with Crippen molar-refractivity contribution in [2.24, 2.45) is 0 Å². The maximum absolute atomic E-state index is 2.62. The third-order valence-electron chi connectivity index (χ3n) is 17.5. The summed E-state index contributed by atoms with van der Waals surface area (Å²) >= 11 is 0. The molecule has 2 aliphatic heterocycles. The minimum Gasteiger partial charge on any atom is -0.311 e. The van der Waals surface area contributed by atoms with Gasteiger partial charge in [0.25, 0.3) is 6.71 Å². The van der Waals surface area contributed by atoms with E-state index in [1.54, 1.807) is 0 Å². The van der Waals surface area contributed by atoms with E-state index in [0.29, 0.717) is 0 Å². The normalized spacial score (nSPS) is 14.3. The van der Waals surface area contributed by atoms with Crippen LogP contribution in [0.25, 0.3) is 76.2 Å². The summed E-state index contributed by atoms with van der Waals surface area (Å²) in [4.78, 5) is 5.13. The summed E-state index contributed by atoms with van der Waals surface area (Å²) in [6.45, 7) is 28.1. The third kappa shape index (κ3) is 6.07. The molecule has 0 fully saturated rings. The van der Waals surface area contributed by atoms with E-state index in [0.717, 1.165) is 11.4 Å². The molecule has 0 aliphatic carbocycles. The predicted molar refractivity (Wildman–Crippen MR) is 325 cm³/mol. The summed E-state index contributed by atoms with van der Waals surface area (Å²) in [5, 5.41) is 10.6. The van der Waals surface area contributed by atoms with Crippen molar-refractivity contribution in [2.45, 2.75) is 105 Å². The molecule has 75 heavy (non-hydrogen) atoms. The molecule has 0 unspecified atom stereocenters. The zero-order valence-electron chi connectivity index (χ0n) is 45.5. The van der Waals surface area contributed by atoms with Gasteiger partial charge in [-0.15, -0.1) is 0 Å². The summed E-state index contributed by atoms with van der Waals surface area (Å²) < 4.78 is 5.19. The summed E-state index contributed by atoms with van der Waals surface area (Å²) in [5.41, 5.74) is 24.2. The first-order valence-electron chi connectivity index (χ1n) is 27.2. The van der Waals surface area contributed by atoms with Crippen molar-refractivity contribution in [1.29, 1.82) is 0 Å². The highest BCUT2D eigenvalue weighted by Gasteiger charge is 2.44. The van der Waals surface area contributed by atoms with E-state index >= 15 is 0 Å². The summed E-state index contributed by atoms with van der Waals surface area (Å²) in [6, 6.07) is 64.1. The molecular weight excluding hydrogens is 908 g/mol. The minimum atomic E-state index is -0.0589. The lowest BCUT2D eigenvalue weighted by atomic mass is 9.33. The molecule has 366 valence electrons. The Morgan fingerprint density at radius 2 is 0.640 bits per heavy atom. The molecule has 0 N–H and O–H groups in total. The lowest BCUT2D eigenvalue weighted by Gasteiger charge is -2.44. The summed E-state index contributed by atoms with van der Waals surface area (Å²) in [5.74, 6) is 0. The highest BCUT2D eigenvalue weighted by Crippen LogP contribution is 2.50. The summed E-state index contributed by atoms with van der Waals surface area (Å²) in [6.07, 6.45) is 0. The number of benzene rings is 9. The Labute approximate surface area is 440 Å². The number of anilines is 6. The summed E-state index contributed by atoms with van der Waals surface area (Å²) in [7, 11) is 0. The first-order chi connectivity index (χ1) is 35.7. The molecule has 0 spiro atoms. The topological polar surface area (TPSA) is 15.3 Å². The van der Waals surface area contributed by atoms with Crippen LogP contribution in [0.3, 0.4) is 0 Å². The first kappa shape index (κ1) is 44.7. The van der Waals surface area contributed by atoms with Gasteiger partial charge in [-0.25, -0.2) is 0 Å². The lowest BCUT2D eigenvalue weighted by molar-refractivity contribution is 0.590. The van der Waals surface area contributed by atoms with Gasteiger partial charge >= 0.3 is 0 Å². The van der Waals surface area contributed by atoms with Crippen LogP contribution in [0, 0.1) is 0 Å². The molecule has 0 bridgehead atoms. The van der Waals surface area contributed by atoms with Crippen LogP contribution in [0.15, 0.2) is 164 Å². The zero-order chi connectivity index (χ0) is 51.6. The zero-order valence-corrected chi connectivity index (χ0v) is 45.5. The Bertz CT molecular complexity index is 4280. The van der Waals surface area contributed by atoms with E-state index in [1.165, 1.54) is 138 Å². The maximum Gasteiger partial charge on any atom is 0.252 e. The van der Waals surface area contributed by atoms with Crippen molar-refractivity contribution in [2.75, 3.05) is 9.80 Å². The molecule has 4 nitrogen and oxygen atoms in total. The molecule has 15 rings (SSSR count). The average Bonchev–Trinajstić information content (AvgIpc) is 4.24. The maximum atomic E-state index is 2.62.